The van der Waals surface area contributed by atoms with Gasteiger partial charge in [0.1, 0.15) is 6.54 Å². The van der Waals surface area contributed by atoms with Crippen LogP contribution in [0.15, 0.2) is 163 Å². The van der Waals surface area contributed by atoms with E-state index in [4.69, 9.17) is 0 Å². The zero-order valence-corrected chi connectivity index (χ0v) is 37.1. The number of allylic oxidation sites excluding steroid dienone is 2. The monoisotopic (exact) mass is 856 g/mol. The highest BCUT2D eigenvalue weighted by Gasteiger charge is 2.41. The van der Waals surface area contributed by atoms with Gasteiger partial charge in [-0.05, 0) is 136 Å². The molecule has 66 heavy (non-hydrogen) atoms. The number of fused-ring (bicyclic) bond motifs is 7. The van der Waals surface area contributed by atoms with Crippen LogP contribution in [-0.2, 0) is 15.6 Å². The van der Waals surface area contributed by atoms with Crippen LogP contribution in [0.2, 0.25) is 0 Å². The van der Waals surface area contributed by atoms with Crippen molar-refractivity contribution in [3.05, 3.63) is 197 Å². The van der Waals surface area contributed by atoms with E-state index in [1.807, 2.05) is 12.1 Å². The number of aliphatic carboxylic acids is 1. The average Bonchev–Trinajstić information content (AvgIpc) is 3.70. The summed E-state index contributed by atoms with van der Waals surface area (Å²) in [5.74, 6) is -2.40. The van der Waals surface area contributed by atoms with Crippen LogP contribution in [0.4, 0.5) is 11.4 Å². The lowest BCUT2D eigenvalue weighted by Gasteiger charge is -2.37. The van der Waals surface area contributed by atoms with Gasteiger partial charge in [-0.15, -0.1) is 0 Å². The Labute approximate surface area is 382 Å². The van der Waals surface area contributed by atoms with Gasteiger partial charge in [-0.1, -0.05) is 149 Å². The molecule has 2 amide bonds. The van der Waals surface area contributed by atoms with E-state index in [1.54, 1.807) is 12.1 Å². The number of carbonyl (C=O) groups is 3. The molecule has 3 aliphatic carbocycles. The quantitative estimate of drug-likeness (QED) is 0.102. The third kappa shape index (κ3) is 5.10. The third-order valence-electron chi connectivity index (χ3n) is 15.5. The SMILES string of the molecule is CC1(C)C2=C(C=CC(N(c3ccc(-c4ccc5c6ccc7c8c(ccc(c9cccc4c95)c86)C(=O)N(CC(=O)O)C7=O)cc3)c3ccc4c(c3)C(C)(C)c3ccccc3-4)C2)c2ccccc21. The van der Waals surface area contributed by atoms with Gasteiger partial charge in [0.15, 0.2) is 0 Å². The first-order chi connectivity index (χ1) is 31.9. The summed E-state index contributed by atoms with van der Waals surface area (Å²) in [4.78, 5) is 42.2. The number of nitrogens with zero attached hydrogens (tertiary/aromatic N) is 2. The summed E-state index contributed by atoms with van der Waals surface area (Å²) in [5, 5.41) is 17.2. The predicted octanol–water partition coefficient (Wildman–Crippen LogP) is 13.6. The van der Waals surface area contributed by atoms with Crippen LogP contribution in [0, 0.1) is 0 Å². The van der Waals surface area contributed by atoms with Crippen LogP contribution in [0.25, 0.3) is 70.9 Å². The highest BCUT2D eigenvalue weighted by molar-refractivity contribution is 6.39. The van der Waals surface area contributed by atoms with Gasteiger partial charge in [0.25, 0.3) is 11.8 Å². The highest BCUT2D eigenvalue weighted by atomic mass is 16.4. The fraction of sp³-hybridized carbons (Fsp3) is 0.150. The molecule has 318 valence electrons. The molecule has 0 aromatic heterocycles. The summed E-state index contributed by atoms with van der Waals surface area (Å²) in [6.45, 7) is 8.77. The van der Waals surface area contributed by atoms with Crippen LogP contribution in [0.3, 0.4) is 0 Å². The first kappa shape index (κ1) is 38.6. The second kappa shape index (κ2) is 13.4. The molecular weight excluding hydrogens is 813 g/mol. The van der Waals surface area contributed by atoms with E-state index in [0.29, 0.717) is 16.5 Å². The summed E-state index contributed by atoms with van der Waals surface area (Å²) in [5.41, 5.74) is 15.9. The van der Waals surface area contributed by atoms with E-state index in [-0.39, 0.29) is 16.9 Å². The maximum atomic E-state index is 13.6. The molecule has 1 aliphatic heterocycles. The molecule has 0 radical (unpaired) electrons. The molecular formula is C60H44N2O4. The van der Waals surface area contributed by atoms with Crippen LogP contribution >= 0.6 is 0 Å². The molecule has 4 aliphatic rings. The van der Waals surface area contributed by atoms with E-state index in [2.05, 4.69) is 166 Å². The number of carbonyl (C=O) groups excluding carboxylic acids is 2. The lowest BCUT2D eigenvalue weighted by atomic mass is 9.77. The Bertz CT molecular complexity index is 3670. The standard InChI is InChI=1S/C60H44N2O4/c1-59(2)49-14-7-5-10-38(49)40-22-20-35(30-51(40)59)62(36-21-23-41-39-11-6-8-15-50(39)60(3,4)52(41)31-36)34-18-16-33(17-19-34)37-24-25-44-46-27-29-48-56-47(57(65)61(58(48)66)32-53(63)64)28-26-45(55(46)56)43-13-9-12-42(37)54(43)44/h5-30,36H,31-32H2,1-4H3,(H,63,64). The fourth-order valence-electron chi connectivity index (χ4n) is 12.4. The number of anilines is 2. The molecule has 9 aromatic carbocycles. The van der Waals surface area contributed by atoms with Crippen molar-refractivity contribution in [2.24, 2.45) is 0 Å². The fourth-order valence-corrected chi connectivity index (χ4v) is 12.4. The van der Waals surface area contributed by atoms with Crippen LogP contribution < -0.4 is 4.90 Å². The molecule has 0 fully saturated rings. The third-order valence-corrected chi connectivity index (χ3v) is 15.5. The van der Waals surface area contributed by atoms with Crippen molar-refractivity contribution in [2.45, 2.75) is 51.0 Å². The molecule has 6 heteroatoms. The predicted molar refractivity (Wildman–Crippen MR) is 266 cm³/mol. The van der Waals surface area contributed by atoms with Crippen molar-refractivity contribution in [3.63, 3.8) is 0 Å². The minimum atomic E-state index is -1.23. The summed E-state index contributed by atoms with van der Waals surface area (Å²) in [6.07, 6.45) is 5.69. The number of amides is 2. The van der Waals surface area contributed by atoms with E-state index >= 15 is 0 Å². The Balaban J connectivity index is 0.931. The topological polar surface area (TPSA) is 77.9 Å². The molecule has 1 atom stereocenters. The lowest BCUT2D eigenvalue weighted by molar-refractivity contribution is -0.137. The molecule has 9 aromatic rings. The molecule has 0 saturated heterocycles. The maximum absolute atomic E-state index is 13.6. The Morgan fingerprint density at radius 3 is 1.82 bits per heavy atom. The van der Waals surface area contributed by atoms with Crippen molar-refractivity contribution in [1.29, 1.82) is 0 Å². The van der Waals surface area contributed by atoms with E-state index < -0.39 is 24.3 Å². The van der Waals surface area contributed by atoms with Gasteiger partial charge in [-0.3, -0.25) is 19.3 Å². The van der Waals surface area contributed by atoms with Crippen LogP contribution in [-0.4, -0.2) is 40.4 Å². The van der Waals surface area contributed by atoms with Crippen LogP contribution in [0.5, 0.6) is 0 Å². The maximum Gasteiger partial charge on any atom is 0.323 e. The molecule has 13 rings (SSSR count). The van der Waals surface area contributed by atoms with Gasteiger partial charge in [0.2, 0.25) is 0 Å². The summed E-state index contributed by atoms with van der Waals surface area (Å²) in [6, 6.07) is 52.1. The number of rotatable bonds is 6. The first-order valence-electron chi connectivity index (χ1n) is 22.8. The minimum absolute atomic E-state index is 0.0786. The van der Waals surface area contributed by atoms with E-state index in [1.165, 1.54) is 50.2 Å². The van der Waals surface area contributed by atoms with E-state index in [0.717, 1.165) is 65.8 Å². The number of carboxylic acids is 1. The van der Waals surface area contributed by atoms with Gasteiger partial charge in [-0.25, -0.2) is 0 Å². The summed E-state index contributed by atoms with van der Waals surface area (Å²) in [7, 11) is 0. The Hall–Kier alpha value is -7.83. The molecule has 6 nitrogen and oxygen atoms in total. The second-order valence-electron chi connectivity index (χ2n) is 19.6. The van der Waals surface area contributed by atoms with Gasteiger partial charge < -0.3 is 10.0 Å². The summed E-state index contributed by atoms with van der Waals surface area (Å²) >= 11 is 0. The van der Waals surface area contributed by atoms with Gasteiger partial charge >= 0.3 is 5.97 Å². The largest absolute Gasteiger partial charge is 0.480 e. The lowest BCUT2D eigenvalue weighted by Crippen LogP contribution is -2.43. The first-order valence-corrected chi connectivity index (χ1v) is 22.8. The van der Waals surface area contributed by atoms with Crippen molar-refractivity contribution >= 4 is 77.8 Å². The van der Waals surface area contributed by atoms with Crippen molar-refractivity contribution in [1.82, 2.24) is 4.90 Å². The molecule has 0 saturated carbocycles. The van der Waals surface area contributed by atoms with Crippen molar-refractivity contribution in [2.75, 3.05) is 11.4 Å². The molecule has 1 heterocycles. The smallest absolute Gasteiger partial charge is 0.323 e. The number of hydrogen-bond acceptors (Lipinski definition) is 4. The van der Waals surface area contributed by atoms with E-state index in [9.17, 15) is 19.5 Å². The number of carboxylic acid groups (broad SMARTS) is 1. The normalized spacial score (nSPS) is 17.5. The molecule has 1 unspecified atom stereocenters. The highest BCUT2D eigenvalue weighted by Crippen LogP contribution is 2.54. The minimum Gasteiger partial charge on any atom is -0.480 e. The average molecular weight is 857 g/mol. The summed E-state index contributed by atoms with van der Waals surface area (Å²) < 4.78 is 0. The zero-order valence-electron chi connectivity index (χ0n) is 37.1. The van der Waals surface area contributed by atoms with Gasteiger partial charge in [0, 0.05) is 38.7 Å². The Kier molecular flexibility index (Phi) is 7.82. The van der Waals surface area contributed by atoms with Crippen molar-refractivity contribution < 1.29 is 19.5 Å². The number of hydrogen-bond donors (Lipinski definition) is 1. The Morgan fingerprint density at radius 1 is 0.561 bits per heavy atom. The number of benzene rings is 9. The zero-order chi connectivity index (χ0) is 45.0. The Morgan fingerprint density at radius 2 is 1.12 bits per heavy atom. The van der Waals surface area contributed by atoms with Gasteiger partial charge in [0.05, 0.1) is 6.04 Å². The molecule has 0 spiro atoms. The van der Waals surface area contributed by atoms with Crippen molar-refractivity contribution in [3.8, 4) is 22.3 Å². The second-order valence-corrected chi connectivity index (χ2v) is 19.6. The molecule has 1 N–H and O–H groups in total. The number of imide groups is 1. The molecule has 0 bridgehead atoms. The van der Waals surface area contributed by atoms with Crippen LogP contribution in [0.1, 0.15) is 77.1 Å². The van der Waals surface area contributed by atoms with Gasteiger partial charge in [-0.2, -0.15) is 0 Å².